The van der Waals surface area contributed by atoms with Crippen LogP contribution in [-0.4, -0.2) is 78.5 Å². The molecule has 2 aromatic carbocycles. The number of benzene rings is 2. The molecule has 6 N–H and O–H groups in total. The minimum Gasteiger partial charge on any atom is -0.314 e. The van der Waals surface area contributed by atoms with Crippen LogP contribution in [0.2, 0.25) is 0 Å². The van der Waals surface area contributed by atoms with Crippen LogP contribution in [0.1, 0.15) is 0 Å². The minimum absolute atomic E-state index is 0. The molecule has 0 saturated carbocycles. The van der Waals surface area contributed by atoms with E-state index >= 15 is 0 Å². The van der Waals surface area contributed by atoms with E-state index in [1.807, 2.05) is 0 Å². The molecule has 2 heterocycles. The Morgan fingerprint density at radius 1 is 0.294 bits per heavy atom. The van der Waals surface area contributed by atoms with Gasteiger partial charge in [-0.15, -0.1) is 0 Å². The molecule has 0 amide bonds. The fourth-order valence-corrected chi connectivity index (χ4v) is 4.03. The van der Waals surface area contributed by atoms with Crippen LogP contribution in [0.5, 0.6) is 0 Å². The Labute approximate surface area is 308 Å². The molecule has 2 aliphatic rings. The van der Waals surface area contributed by atoms with Crippen LogP contribution in [0, 0.1) is 90.6 Å². The van der Waals surface area contributed by atoms with Crippen molar-refractivity contribution in [3.63, 3.8) is 0 Å². The van der Waals surface area contributed by atoms with E-state index in [1.54, 1.807) is 48.6 Å². The molecule has 2 fully saturated rings. The minimum atomic E-state index is 0. The van der Waals surface area contributed by atoms with Crippen molar-refractivity contribution in [2.75, 3.05) is 78.5 Å². The first-order chi connectivity index (χ1) is 24.5. The molecule has 0 bridgehead atoms. The summed E-state index contributed by atoms with van der Waals surface area (Å²) in [5.41, 5.74) is 0.00746. The molecule has 0 aliphatic carbocycles. The van der Waals surface area contributed by atoms with E-state index in [2.05, 4.69) is 31.9 Å². The van der Waals surface area contributed by atoms with Gasteiger partial charge in [0, 0.05) is 116 Å². The average Bonchev–Trinajstić information content (AvgIpc) is 3.43. The zero-order chi connectivity index (χ0) is 36.7. The zero-order valence-corrected chi connectivity index (χ0v) is 29.0. The van der Waals surface area contributed by atoms with Crippen molar-refractivity contribution in [1.82, 2.24) is 31.9 Å². The molecule has 0 radical (unpaired) electrons. The standard InChI is InChI=1S/2C12H4N4.2C6H15N3.Ni/c2*13-5-11(6-14)9-1-2-10(4-3-9)12(7-15)8-16;2*1-2-8-5-6-9-4-3-7-1;/h2*1-4H;2*7-9H,1-6H2;. The zero-order valence-electron chi connectivity index (χ0n) is 28.0. The Morgan fingerprint density at radius 3 is 0.510 bits per heavy atom. The first-order valence-corrected chi connectivity index (χ1v) is 15.7. The number of nitrogens with one attached hydrogen (secondary N) is 6. The maximum absolute atomic E-state index is 8.63. The van der Waals surface area contributed by atoms with Crippen LogP contribution < -0.4 is 52.8 Å². The normalized spacial score (nSPS) is 13.3. The van der Waals surface area contributed by atoms with Crippen molar-refractivity contribution in [3.05, 3.63) is 69.4 Å². The predicted octanol–water partition coefficient (Wildman–Crippen LogP) is -2.30. The second-order valence-electron chi connectivity index (χ2n) is 10.0. The molecular formula is C36H38N14Ni. The summed E-state index contributed by atoms with van der Waals surface area (Å²) in [5, 5.41) is 90.8. The number of nitriles is 8. The molecular weight excluding hydrogens is 687 g/mol. The van der Waals surface area contributed by atoms with Crippen LogP contribution in [0.25, 0.3) is 22.3 Å². The molecule has 0 unspecified atom stereocenters. The molecule has 262 valence electrons. The summed E-state index contributed by atoms with van der Waals surface area (Å²) in [6, 6.07) is 26.4. The van der Waals surface area contributed by atoms with Gasteiger partial charge in [0.15, 0.2) is 0 Å². The molecule has 0 spiro atoms. The number of rotatable bonds is 0. The molecule has 0 aromatic heterocycles. The van der Waals surface area contributed by atoms with Gasteiger partial charge in [0.2, 0.25) is 0 Å². The van der Waals surface area contributed by atoms with Crippen molar-refractivity contribution in [2.45, 2.75) is 0 Å². The van der Waals surface area contributed by atoms with Gasteiger partial charge in [-0.25, -0.2) is 0 Å². The number of hydrogen-bond donors (Lipinski definition) is 6. The predicted molar refractivity (Wildman–Crippen MR) is 187 cm³/mol. The third kappa shape index (κ3) is 19.0. The summed E-state index contributed by atoms with van der Waals surface area (Å²) in [7, 11) is 0. The van der Waals surface area contributed by atoms with Gasteiger partial charge in [-0.2, -0.15) is 42.1 Å². The second-order valence-corrected chi connectivity index (χ2v) is 10.0. The van der Waals surface area contributed by atoms with E-state index < -0.39 is 0 Å². The van der Waals surface area contributed by atoms with Crippen molar-refractivity contribution in [1.29, 1.82) is 42.1 Å². The van der Waals surface area contributed by atoms with Gasteiger partial charge in [0.25, 0.3) is 0 Å². The molecule has 14 nitrogen and oxygen atoms in total. The fraction of sp³-hybridized carbons (Fsp3) is 0.333. The summed E-state index contributed by atoms with van der Waals surface area (Å²) in [6.07, 6.45) is 0. The average molecular weight is 725 g/mol. The topological polar surface area (TPSA) is 262 Å². The number of nitrogens with zero attached hydrogens (tertiary/aromatic N) is 8. The van der Waals surface area contributed by atoms with Gasteiger partial charge >= 0.3 is 0 Å². The smallest absolute Gasteiger partial charge is 0.136 e. The summed E-state index contributed by atoms with van der Waals surface area (Å²) >= 11 is 0. The largest absolute Gasteiger partial charge is 0.314 e. The summed E-state index contributed by atoms with van der Waals surface area (Å²) < 4.78 is 0. The molecule has 2 aromatic rings. The first kappa shape index (κ1) is 45.1. The third-order valence-electron chi connectivity index (χ3n) is 6.69. The SMILES string of the molecule is C1CNCCNCCN1.C1CNCCNCCN1.N#CC(C#N)=c1ccc(=C(C#N)C#N)cc1.N#CC(C#N)=c1ccc(=C(C#N)C#N)cc1.[Ni]. The van der Waals surface area contributed by atoms with Gasteiger partial charge in [-0.05, 0) is 0 Å². The van der Waals surface area contributed by atoms with E-state index in [1.165, 1.54) is 48.5 Å². The monoisotopic (exact) mass is 724 g/mol. The Bertz CT molecular complexity index is 1550. The van der Waals surface area contributed by atoms with Crippen molar-refractivity contribution < 1.29 is 16.5 Å². The third-order valence-corrected chi connectivity index (χ3v) is 6.69. The van der Waals surface area contributed by atoms with Gasteiger partial charge in [-0.1, -0.05) is 48.5 Å². The van der Waals surface area contributed by atoms with Gasteiger partial charge in [-0.3, -0.25) is 0 Å². The van der Waals surface area contributed by atoms with Crippen LogP contribution in [-0.2, 0) is 16.5 Å². The number of hydrogen-bond acceptors (Lipinski definition) is 14. The van der Waals surface area contributed by atoms with E-state index in [-0.39, 0.29) is 38.8 Å². The molecule has 2 aliphatic heterocycles. The molecule has 15 heteroatoms. The van der Waals surface area contributed by atoms with E-state index in [0.29, 0.717) is 20.9 Å². The summed E-state index contributed by atoms with van der Waals surface area (Å²) in [4.78, 5) is 0. The first-order valence-electron chi connectivity index (χ1n) is 15.7. The van der Waals surface area contributed by atoms with E-state index in [9.17, 15) is 0 Å². The molecule has 0 atom stereocenters. The Kier molecular flexibility index (Phi) is 26.7. The van der Waals surface area contributed by atoms with Crippen LogP contribution in [0.15, 0.2) is 48.5 Å². The van der Waals surface area contributed by atoms with Crippen molar-refractivity contribution in [2.24, 2.45) is 0 Å². The van der Waals surface area contributed by atoms with Gasteiger partial charge in [0.05, 0.1) is 0 Å². The van der Waals surface area contributed by atoms with E-state index in [4.69, 9.17) is 42.1 Å². The second kappa shape index (κ2) is 30.2. The quantitative estimate of drug-likeness (QED) is 0.156. The van der Waals surface area contributed by atoms with Crippen molar-refractivity contribution in [3.8, 4) is 48.6 Å². The summed E-state index contributed by atoms with van der Waals surface area (Å²) in [6.45, 7) is 13.2. The maximum Gasteiger partial charge on any atom is 0.136 e. The van der Waals surface area contributed by atoms with Gasteiger partial charge in [0.1, 0.15) is 70.8 Å². The van der Waals surface area contributed by atoms with Crippen LogP contribution >= 0.6 is 0 Å². The van der Waals surface area contributed by atoms with Crippen LogP contribution in [0.4, 0.5) is 0 Å². The maximum atomic E-state index is 8.63. The molecule has 2 saturated heterocycles. The fourth-order valence-electron chi connectivity index (χ4n) is 4.03. The molecule has 4 rings (SSSR count). The Morgan fingerprint density at radius 2 is 0.412 bits per heavy atom. The van der Waals surface area contributed by atoms with E-state index in [0.717, 1.165) is 78.5 Å². The van der Waals surface area contributed by atoms with Crippen molar-refractivity contribution >= 4 is 22.3 Å². The van der Waals surface area contributed by atoms with Crippen LogP contribution in [0.3, 0.4) is 0 Å². The molecule has 51 heavy (non-hydrogen) atoms. The summed E-state index contributed by atoms with van der Waals surface area (Å²) in [5.74, 6) is 0. The Hall–Kier alpha value is -5.91. The Balaban J connectivity index is 0.000000671. The van der Waals surface area contributed by atoms with Gasteiger partial charge < -0.3 is 31.9 Å².